The number of nitrogens with zero attached hydrogens (tertiary/aromatic N) is 3. The standard InChI is InChI=1S/C22H22N4O/c1-16(17-8-4-2-5-9-17)25-22(27)19-13-26(14-19)21-12-20(23-15-24-21)18-10-6-3-7-11-18/h2-12,15-16,19H,13-14H2,1H3,(H,25,27). The van der Waals surface area contributed by atoms with Crippen molar-refractivity contribution in [2.75, 3.05) is 18.0 Å². The zero-order valence-electron chi connectivity index (χ0n) is 15.2. The zero-order chi connectivity index (χ0) is 18.6. The van der Waals surface area contributed by atoms with E-state index in [-0.39, 0.29) is 17.9 Å². The molecule has 1 N–H and O–H groups in total. The molecule has 1 saturated heterocycles. The molecule has 1 amide bonds. The van der Waals surface area contributed by atoms with Gasteiger partial charge in [0, 0.05) is 24.7 Å². The molecule has 5 heteroatoms. The highest BCUT2D eigenvalue weighted by Gasteiger charge is 2.34. The Balaban J connectivity index is 1.36. The van der Waals surface area contributed by atoms with Gasteiger partial charge in [0.15, 0.2) is 0 Å². The number of hydrogen-bond acceptors (Lipinski definition) is 4. The van der Waals surface area contributed by atoms with Gasteiger partial charge in [0.25, 0.3) is 0 Å². The quantitative estimate of drug-likeness (QED) is 0.759. The fourth-order valence-corrected chi connectivity index (χ4v) is 3.27. The number of benzene rings is 2. The molecule has 2 aromatic carbocycles. The Labute approximate surface area is 159 Å². The van der Waals surface area contributed by atoms with Crippen LogP contribution in [-0.2, 0) is 4.79 Å². The third-order valence-corrected chi connectivity index (χ3v) is 4.96. The number of amides is 1. The Kier molecular flexibility index (Phi) is 4.83. The van der Waals surface area contributed by atoms with Crippen LogP contribution in [-0.4, -0.2) is 29.0 Å². The first-order valence-electron chi connectivity index (χ1n) is 9.18. The minimum absolute atomic E-state index is 0.00805. The molecule has 2 heterocycles. The van der Waals surface area contributed by atoms with Crippen LogP contribution >= 0.6 is 0 Å². The summed E-state index contributed by atoms with van der Waals surface area (Å²) in [4.78, 5) is 23.4. The number of anilines is 1. The number of rotatable bonds is 5. The second-order valence-corrected chi connectivity index (χ2v) is 6.87. The highest BCUT2D eigenvalue weighted by Crippen LogP contribution is 2.26. The first-order chi connectivity index (χ1) is 13.2. The highest BCUT2D eigenvalue weighted by atomic mass is 16.2. The summed E-state index contributed by atoms with van der Waals surface area (Å²) in [6.07, 6.45) is 1.59. The Morgan fingerprint density at radius 3 is 2.41 bits per heavy atom. The molecule has 0 saturated carbocycles. The molecule has 1 fully saturated rings. The lowest BCUT2D eigenvalue weighted by Gasteiger charge is -2.39. The Morgan fingerprint density at radius 1 is 1.04 bits per heavy atom. The van der Waals surface area contributed by atoms with Gasteiger partial charge in [0.05, 0.1) is 17.7 Å². The van der Waals surface area contributed by atoms with Gasteiger partial charge in [-0.05, 0) is 12.5 Å². The number of aromatic nitrogens is 2. The molecule has 3 aromatic rings. The molecule has 4 rings (SSSR count). The Bertz CT molecular complexity index is 908. The average Bonchev–Trinajstić information content (AvgIpc) is 2.68. The topological polar surface area (TPSA) is 58.1 Å². The van der Waals surface area contributed by atoms with Gasteiger partial charge in [-0.2, -0.15) is 0 Å². The van der Waals surface area contributed by atoms with Gasteiger partial charge in [0.1, 0.15) is 12.1 Å². The summed E-state index contributed by atoms with van der Waals surface area (Å²) < 4.78 is 0. The zero-order valence-corrected chi connectivity index (χ0v) is 15.2. The molecule has 0 spiro atoms. The first-order valence-corrected chi connectivity index (χ1v) is 9.18. The second-order valence-electron chi connectivity index (χ2n) is 6.87. The summed E-state index contributed by atoms with van der Waals surface area (Å²) in [5, 5.41) is 3.11. The molecule has 1 unspecified atom stereocenters. The van der Waals surface area contributed by atoms with Crippen molar-refractivity contribution in [2.45, 2.75) is 13.0 Å². The van der Waals surface area contributed by atoms with Crippen molar-refractivity contribution in [2.24, 2.45) is 5.92 Å². The van der Waals surface area contributed by atoms with E-state index in [1.165, 1.54) is 0 Å². The van der Waals surface area contributed by atoms with Crippen molar-refractivity contribution in [3.8, 4) is 11.3 Å². The SMILES string of the molecule is CC(NC(=O)C1CN(c2cc(-c3ccccc3)ncn2)C1)c1ccccc1. The van der Waals surface area contributed by atoms with Crippen LogP contribution in [0.5, 0.6) is 0 Å². The van der Waals surface area contributed by atoms with Crippen LogP contribution in [0, 0.1) is 5.92 Å². The average molecular weight is 358 g/mol. The fourth-order valence-electron chi connectivity index (χ4n) is 3.27. The van der Waals surface area contributed by atoms with Gasteiger partial charge in [-0.1, -0.05) is 60.7 Å². The number of nitrogens with one attached hydrogen (secondary N) is 1. The minimum atomic E-state index is -0.00805. The molecule has 1 aliphatic heterocycles. The molecule has 0 radical (unpaired) electrons. The first kappa shape index (κ1) is 17.2. The lowest BCUT2D eigenvalue weighted by molar-refractivity contribution is -0.126. The number of carbonyl (C=O) groups is 1. The van der Waals surface area contributed by atoms with Crippen molar-refractivity contribution < 1.29 is 4.79 Å². The maximum Gasteiger partial charge on any atom is 0.227 e. The summed E-state index contributed by atoms with van der Waals surface area (Å²) in [7, 11) is 0. The molecular weight excluding hydrogens is 336 g/mol. The van der Waals surface area contributed by atoms with Gasteiger partial charge < -0.3 is 10.2 Å². The summed E-state index contributed by atoms with van der Waals surface area (Å²) in [5.41, 5.74) is 3.07. The fraction of sp³-hybridized carbons (Fsp3) is 0.227. The van der Waals surface area contributed by atoms with Gasteiger partial charge in [-0.3, -0.25) is 4.79 Å². The van der Waals surface area contributed by atoms with E-state index < -0.39 is 0 Å². The number of carbonyl (C=O) groups excluding carboxylic acids is 1. The van der Waals surface area contributed by atoms with E-state index in [1.807, 2.05) is 73.7 Å². The second kappa shape index (κ2) is 7.58. The molecule has 5 nitrogen and oxygen atoms in total. The van der Waals surface area contributed by atoms with Crippen LogP contribution in [0.15, 0.2) is 73.1 Å². The lowest BCUT2D eigenvalue weighted by Crippen LogP contribution is -2.54. The Hall–Kier alpha value is -3.21. The molecule has 1 aliphatic rings. The van der Waals surface area contributed by atoms with Crippen LogP contribution < -0.4 is 10.2 Å². The van der Waals surface area contributed by atoms with Crippen LogP contribution in [0.3, 0.4) is 0 Å². The van der Waals surface area contributed by atoms with Crippen LogP contribution in [0.25, 0.3) is 11.3 Å². The molecule has 0 bridgehead atoms. The highest BCUT2D eigenvalue weighted by molar-refractivity contribution is 5.82. The third-order valence-electron chi connectivity index (χ3n) is 4.96. The molecule has 0 aliphatic carbocycles. The van der Waals surface area contributed by atoms with E-state index in [4.69, 9.17) is 0 Å². The van der Waals surface area contributed by atoms with Crippen molar-refractivity contribution >= 4 is 11.7 Å². The predicted octanol–water partition coefficient (Wildman–Crippen LogP) is 3.46. The van der Waals surface area contributed by atoms with Gasteiger partial charge in [-0.15, -0.1) is 0 Å². The summed E-state index contributed by atoms with van der Waals surface area (Å²) in [6, 6.07) is 22.1. The maximum absolute atomic E-state index is 12.5. The predicted molar refractivity (Wildman–Crippen MR) is 106 cm³/mol. The largest absolute Gasteiger partial charge is 0.355 e. The van der Waals surface area contributed by atoms with E-state index in [0.29, 0.717) is 13.1 Å². The van der Waals surface area contributed by atoms with Crippen molar-refractivity contribution in [1.29, 1.82) is 0 Å². The van der Waals surface area contributed by atoms with E-state index >= 15 is 0 Å². The van der Waals surface area contributed by atoms with Gasteiger partial charge >= 0.3 is 0 Å². The molecule has 27 heavy (non-hydrogen) atoms. The van der Waals surface area contributed by atoms with Gasteiger partial charge in [0.2, 0.25) is 5.91 Å². The molecule has 1 atom stereocenters. The van der Waals surface area contributed by atoms with Crippen LogP contribution in [0.1, 0.15) is 18.5 Å². The van der Waals surface area contributed by atoms with Crippen LogP contribution in [0.2, 0.25) is 0 Å². The van der Waals surface area contributed by atoms with Crippen molar-refractivity contribution in [1.82, 2.24) is 15.3 Å². The van der Waals surface area contributed by atoms with E-state index in [1.54, 1.807) is 6.33 Å². The van der Waals surface area contributed by atoms with E-state index in [0.717, 1.165) is 22.6 Å². The Morgan fingerprint density at radius 2 is 1.70 bits per heavy atom. The summed E-state index contributed by atoms with van der Waals surface area (Å²) >= 11 is 0. The lowest BCUT2D eigenvalue weighted by atomic mass is 9.98. The normalized spacial score (nSPS) is 15.1. The van der Waals surface area contributed by atoms with Crippen LogP contribution in [0.4, 0.5) is 5.82 Å². The maximum atomic E-state index is 12.5. The van der Waals surface area contributed by atoms with Crippen molar-refractivity contribution in [3.05, 3.63) is 78.6 Å². The van der Waals surface area contributed by atoms with Gasteiger partial charge in [-0.25, -0.2) is 9.97 Å². The van der Waals surface area contributed by atoms with E-state index in [2.05, 4.69) is 20.2 Å². The molecular formula is C22H22N4O. The smallest absolute Gasteiger partial charge is 0.227 e. The number of hydrogen-bond donors (Lipinski definition) is 1. The third kappa shape index (κ3) is 3.82. The minimum Gasteiger partial charge on any atom is -0.355 e. The van der Waals surface area contributed by atoms with E-state index in [9.17, 15) is 4.79 Å². The van der Waals surface area contributed by atoms with Crippen molar-refractivity contribution in [3.63, 3.8) is 0 Å². The monoisotopic (exact) mass is 358 g/mol. The summed E-state index contributed by atoms with van der Waals surface area (Å²) in [5.74, 6) is 0.954. The molecule has 136 valence electrons. The summed E-state index contributed by atoms with van der Waals surface area (Å²) in [6.45, 7) is 3.37. The molecule has 1 aromatic heterocycles.